The van der Waals surface area contributed by atoms with Crippen molar-refractivity contribution >= 4 is 15.9 Å². The molecule has 0 fully saturated rings. The Labute approximate surface area is 108 Å². The number of nitrogens with two attached hydrogens (primary N) is 1. The number of hydrogen-bond acceptors (Lipinski definition) is 4. The van der Waals surface area contributed by atoms with E-state index in [0.29, 0.717) is 13.2 Å². The third-order valence-electron chi connectivity index (χ3n) is 2.31. The number of nitrogens with zero attached hydrogens (tertiary/aromatic N) is 1. The Morgan fingerprint density at radius 1 is 1.35 bits per heavy atom. The molecule has 1 aromatic carbocycles. The zero-order chi connectivity index (χ0) is 12.1. The smallest absolute Gasteiger partial charge is 0.134 e. The first-order valence-corrected chi connectivity index (χ1v) is 6.08. The summed E-state index contributed by atoms with van der Waals surface area (Å²) in [5.74, 6) is 0.798. The first-order chi connectivity index (χ1) is 8.29. The van der Waals surface area contributed by atoms with Gasteiger partial charge in [0.1, 0.15) is 18.6 Å². The molecule has 0 saturated heterocycles. The number of ether oxygens (including phenoxy) is 1. The zero-order valence-electron chi connectivity index (χ0n) is 9.23. The Kier molecular flexibility index (Phi) is 4.17. The van der Waals surface area contributed by atoms with Gasteiger partial charge >= 0.3 is 0 Å². The molecule has 90 valence electrons. The first kappa shape index (κ1) is 12.1. The van der Waals surface area contributed by atoms with Crippen LogP contribution >= 0.6 is 15.9 Å². The molecular formula is C12H13BrN2O2. The quantitative estimate of drug-likeness (QED) is 0.921. The molecule has 0 amide bonds. The van der Waals surface area contributed by atoms with Crippen molar-refractivity contribution in [3.05, 3.63) is 46.3 Å². The molecule has 4 nitrogen and oxygen atoms in total. The van der Waals surface area contributed by atoms with Crippen LogP contribution in [0.3, 0.4) is 0 Å². The minimum absolute atomic E-state index is 0.443. The van der Waals surface area contributed by atoms with Gasteiger partial charge in [-0.1, -0.05) is 11.2 Å². The minimum Gasteiger partial charge on any atom is -0.488 e. The molecule has 0 aliphatic carbocycles. The number of hydrogen-bond donors (Lipinski definition) is 1. The van der Waals surface area contributed by atoms with Gasteiger partial charge < -0.3 is 15.0 Å². The molecule has 2 N–H and O–H groups in total. The van der Waals surface area contributed by atoms with Gasteiger partial charge in [0.2, 0.25) is 0 Å². The van der Waals surface area contributed by atoms with E-state index in [9.17, 15) is 0 Å². The summed E-state index contributed by atoms with van der Waals surface area (Å²) in [7, 11) is 0. The molecule has 0 spiro atoms. The maximum absolute atomic E-state index is 5.64. The molecule has 2 aromatic rings. The summed E-state index contributed by atoms with van der Waals surface area (Å²) in [6.45, 7) is 1.09. The van der Waals surface area contributed by atoms with Crippen LogP contribution in [0.2, 0.25) is 0 Å². The van der Waals surface area contributed by atoms with Gasteiger partial charge in [-0.25, -0.2) is 0 Å². The summed E-state index contributed by atoms with van der Waals surface area (Å²) in [5, 5.41) is 3.61. The minimum atomic E-state index is 0.443. The Morgan fingerprint density at radius 2 is 2.24 bits per heavy atom. The maximum Gasteiger partial charge on any atom is 0.134 e. The highest BCUT2D eigenvalue weighted by Gasteiger charge is 2.04. The van der Waals surface area contributed by atoms with Gasteiger partial charge in [0, 0.05) is 5.56 Å². The summed E-state index contributed by atoms with van der Waals surface area (Å²) in [4.78, 5) is 0. The monoisotopic (exact) mass is 296 g/mol. The van der Waals surface area contributed by atoms with Crippen molar-refractivity contribution in [2.24, 2.45) is 5.73 Å². The number of halogens is 1. The van der Waals surface area contributed by atoms with Crippen LogP contribution in [0.5, 0.6) is 5.75 Å². The lowest BCUT2D eigenvalue weighted by molar-refractivity contribution is 0.302. The molecule has 2 rings (SSSR count). The molecule has 0 aliphatic rings. The molecule has 0 radical (unpaired) electrons. The number of rotatable bonds is 5. The van der Waals surface area contributed by atoms with Gasteiger partial charge in [-0.3, -0.25) is 0 Å². The van der Waals surface area contributed by atoms with Crippen molar-refractivity contribution < 1.29 is 9.26 Å². The summed E-state index contributed by atoms with van der Waals surface area (Å²) in [6, 6.07) is 5.97. The van der Waals surface area contributed by atoms with Crippen LogP contribution in [-0.4, -0.2) is 11.7 Å². The van der Waals surface area contributed by atoms with Crippen molar-refractivity contribution in [1.82, 2.24) is 5.16 Å². The molecule has 1 heterocycles. The fraction of sp³-hybridized carbons (Fsp3) is 0.250. The van der Waals surface area contributed by atoms with E-state index < -0.39 is 0 Å². The summed E-state index contributed by atoms with van der Waals surface area (Å²) in [6.07, 6.45) is 4.07. The van der Waals surface area contributed by atoms with Crippen LogP contribution in [0.15, 0.2) is 39.7 Å². The molecular weight excluding hydrogens is 284 g/mol. The lowest BCUT2D eigenvalue weighted by atomic mass is 10.1. The summed E-state index contributed by atoms with van der Waals surface area (Å²) >= 11 is 3.48. The van der Waals surface area contributed by atoms with Crippen LogP contribution < -0.4 is 10.5 Å². The second kappa shape index (κ2) is 5.84. The van der Waals surface area contributed by atoms with Crippen LogP contribution in [0.1, 0.15) is 11.1 Å². The van der Waals surface area contributed by atoms with Gasteiger partial charge in [-0.05, 0) is 46.6 Å². The predicted octanol–water partition coefficient (Wildman–Crippen LogP) is 2.52. The van der Waals surface area contributed by atoms with E-state index in [1.807, 2.05) is 18.2 Å². The average Bonchev–Trinajstić information content (AvgIpc) is 2.81. The second-order valence-corrected chi connectivity index (χ2v) is 4.48. The molecule has 0 saturated carbocycles. The Bertz CT molecular complexity index is 471. The third-order valence-corrected chi connectivity index (χ3v) is 2.93. The number of benzene rings is 1. The van der Waals surface area contributed by atoms with Crippen LogP contribution in [0.25, 0.3) is 0 Å². The van der Waals surface area contributed by atoms with Gasteiger partial charge in [-0.15, -0.1) is 0 Å². The molecule has 1 aromatic heterocycles. The molecule has 5 heteroatoms. The lowest BCUT2D eigenvalue weighted by Crippen LogP contribution is -2.03. The number of aromatic nitrogens is 1. The summed E-state index contributed by atoms with van der Waals surface area (Å²) in [5.41, 5.74) is 7.60. The van der Waals surface area contributed by atoms with Gasteiger partial charge in [-0.2, -0.15) is 0 Å². The highest BCUT2D eigenvalue weighted by atomic mass is 79.9. The standard InChI is InChI=1S/C12H13BrN2O2/c13-11-5-9(3-4-14)1-2-12(11)16-7-10-6-15-17-8-10/h1-2,5-6,8H,3-4,7,14H2. The van der Waals surface area contributed by atoms with Gasteiger partial charge in [0.15, 0.2) is 0 Å². The second-order valence-electron chi connectivity index (χ2n) is 3.62. The van der Waals surface area contributed by atoms with E-state index in [1.165, 1.54) is 5.56 Å². The van der Waals surface area contributed by atoms with Crippen LogP contribution in [0, 0.1) is 0 Å². The van der Waals surface area contributed by atoms with E-state index in [1.54, 1.807) is 12.5 Å². The lowest BCUT2D eigenvalue weighted by Gasteiger charge is -2.08. The highest BCUT2D eigenvalue weighted by molar-refractivity contribution is 9.10. The Morgan fingerprint density at radius 3 is 2.88 bits per heavy atom. The third kappa shape index (κ3) is 3.31. The fourth-order valence-electron chi connectivity index (χ4n) is 1.44. The SMILES string of the molecule is NCCc1ccc(OCc2cnoc2)c(Br)c1. The molecule has 0 bridgehead atoms. The van der Waals surface area contributed by atoms with Crippen molar-refractivity contribution in [2.75, 3.05) is 6.54 Å². The average molecular weight is 297 g/mol. The molecule has 0 unspecified atom stereocenters. The maximum atomic E-state index is 5.64. The zero-order valence-corrected chi connectivity index (χ0v) is 10.8. The first-order valence-electron chi connectivity index (χ1n) is 5.29. The van der Waals surface area contributed by atoms with Crippen LogP contribution in [0.4, 0.5) is 0 Å². The van der Waals surface area contributed by atoms with Crippen LogP contribution in [-0.2, 0) is 13.0 Å². The van der Waals surface area contributed by atoms with E-state index in [-0.39, 0.29) is 0 Å². The van der Waals surface area contributed by atoms with Gasteiger partial charge in [0.25, 0.3) is 0 Å². The molecule has 0 aliphatic heterocycles. The van der Waals surface area contributed by atoms with E-state index in [2.05, 4.69) is 21.1 Å². The predicted molar refractivity (Wildman–Crippen MR) is 67.7 cm³/mol. The van der Waals surface area contributed by atoms with Crippen molar-refractivity contribution in [3.63, 3.8) is 0 Å². The molecule has 0 atom stereocenters. The Balaban J connectivity index is 2.01. The van der Waals surface area contributed by atoms with E-state index in [4.69, 9.17) is 15.0 Å². The largest absolute Gasteiger partial charge is 0.488 e. The topological polar surface area (TPSA) is 61.3 Å². The summed E-state index contributed by atoms with van der Waals surface area (Å²) < 4.78 is 11.3. The van der Waals surface area contributed by atoms with E-state index in [0.717, 1.165) is 22.2 Å². The normalized spacial score (nSPS) is 10.5. The van der Waals surface area contributed by atoms with Crippen molar-refractivity contribution in [1.29, 1.82) is 0 Å². The van der Waals surface area contributed by atoms with Crippen molar-refractivity contribution in [3.8, 4) is 5.75 Å². The molecule has 17 heavy (non-hydrogen) atoms. The highest BCUT2D eigenvalue weighted by Crippen LogP contribution is 2.26. The fourth-order valence-corrected chi connectivity index (χ4v) is 1.98. The Hall–Kier alpha value is -1.33. The van der Waals surface area contributed by atoms with Crippen molar-refractivity contribution in [2.45, 2.75) is 13.0 Å². The van der Waals surface area contributed by atoms with E-state index >= 15 is 0 Å². The van der Waals surface area contributed by atoms with Gasteiger partial charge in [0.05, 0.1) is 10.7 Å².